The molecule has 2 heterocycles. The first-order valence-electron chi connectivity index (χ1n) is 8.87. The van der Waals surface area contributed by atoms with Gasteiger partial charge in [-0.05, 0) is 49.1 Å². The number of nitrogens with zero attached hydrogens (tertiary/aromatic N) is 1. The summed E-state index contributed by atoms with van der Waals surface area (Å²) in [7, 11) is 1.66. The molecule has 5 nitrogen and oxygen atoms in total. The van der Waals surface area contributed by atoms with Crippen LogP contribution in [-0.2, 0) is 19.4 Å². The van der Waals surface area contributed by atoms with Crippen molar-refractivity contribution in [1.82, 2.24) is 0 Å². The van der Waals surface area contributed by atoms with Gasteiger partial charge >= 0.3 is 5.63 Å². The van der Waals surface area contributed by atoms with Gasteiger partial charge in [0, 0.05) is 10.9 Å². The van der Waals surface area contributed by atoms with Crippen molar-refractivity contribution in [2.24, 2.45) is 0 Å². The van der Waals surface area contributed by atoms with Gasteiger partial charge in [0.25, 0.3) is 0 Å². The van der Waals surface area contributed by atoms with Crippen LogP contribution in [0.2, 0.25) is 0 Å². The summed E-state index contributed by atoms with van der Waals surface area (Å²) in [6, 6.07) is 11.9. The van der Waals surface area contributed by atoms with Crippen molar-refractivity contribution in [3.05, 3.63) is 63.5 Å². The lowest BCUT2D eigenvalue weighted by Gasteiger charge is -2.32. The van der Waals surface area contributed by atoms with Crippen LogP contribution in [0, 0.1) is 0 Å². The minimum Gasteiger partial charge on any atom is -0.495 e. The van der Waals surface area contributed by atoms with Gasteiger partial charge in [0.1, 0.15) is 17.1 Å². The molecule has 2 aromatic carbocycles. The lowest BCUT2D eigenvalue weighted by molar-refractivity contribution is 0.287. The van der Waals surface area contributed by atoms with Gasteiger partial charge in [0.15, 0.2) is 6.73 Å². The number of benzene rings is 2. The van der Waals surface area contributed by atoms with Gasteiger partial charge in [0.2, 0.25) is 0 Å². The normalized spacial score (nSPS) is 15.5. The molecule has 1 aliphatic heterocycles. The van der Waals surface area contributed by atoms with Crippen molar-refractivity contribution in [2.45, 2.75) is 25.8 Å². The van der Waals surface area contributed by atoms with Gasteiger partial charge in [-0.25, -0.2) is 4.79 Å². The Labute approximate surface area is 150 Å². The molecule has 0 radical (unpaired) electrons. The highest BCUT2D eigenvalue weighted by Gasteiger charge is 2.26. The van der Waals surface area contributed by atoms with Crippen LogP contribution in [0.3, 0.4) is 0 Å². The molecule has 0 saturated carbocycles. The number of methoxy groups -OCH3 is 1. The second-order valence-corrected chi connectivity index (χ2v) is 6.76. The highest BCUT2D eigenvalue weighted by molar-refractivity contribution is 5.87. The Morgan fingerprint density at radius 3 is 2.77 bits per heavy atom. The Kier molecular flexibility index (Phi) is 3.42. The molecule has 0 N–H and O–H groups in total. The van der Waals surface area contributed by atoms with Crippen LogP contribution < -0.4 is 20.0 Å². The van der Waals surface area contributed by atoms with Crippen LogP contribution in [0.25, 0.3) is 11.0 Å². The average molecular weight is 349 g/mol. The van der Waals surface area contributed by atoms with Crippen LogP contribution in [0.15, 0.2) is 45.6 Å². The molecule has 0 fully saturated rings. The smallest absolute Gasteiger partial charge is 0.339 e. The molecule has 0 bridgehead atoms. The summed E-state index contributed by atoms with van der Waals surface area (Å²) < 4.78 is 17.2. The quantitative estimate of drug-likeness (QED) is 0.661. The monoisotopic (exact) mass is 349 g/mol. The molecule has 0 unspecified atom stereocenters. The van der Waals surface area contributed by atoms with Crippen LogP contribution in [0.5, 0.6) is 11.5 Å². The van der Waals surface area contributed by atoms with Crippen molar-refractivity contribution < 1.29 is 13.9 Å². The van der Waals surface area contributed by atoms with Crippen molar-refractivity contribution in [1.29, 1.82) is 0 Å². The second-order valence-electron chi connectivity index (χ2n) is 6.76. The van der Waals surface area contributed by atoms with Crippen molar-refractivity contribution in [3.63, 3.8) is 0 Å². The molecule has 0 spiro atoms. The number of rotatable bonds is 2. The largest absolute Gasteiger partial charge is 0.495 e. The van der Waals surface area contributed by atoms with Crippen molar-refractivity contribution >= 4 is 16.7 Å². The van der Waals surface area contributed by atoms with E-state index < -0.39 is 0 Å². The highest BCUT2D eigenvalue weighted by atomic mass is 16.5. The van der Waals surface area contributed by atoms with E-state index in [4.69, 9.17) is 13.9 Å². The minimum atomic E-state index is -0.201. The van der Waals surface area contributed by atoms with E-state index in [1.807, 2.05) is 36.4 Å². The molecule has 2 aliphatic rings. The predicted molar refractivity (Wildman–Crippen MR) is 99.2 cm³/mol. The second kappa shape index (κ2) is 5.80. The van der Waals surface area contributed by atoms with E-state index in [0.717, 1.165) is 58.5 Å². The Bertz CT molecular complexity index is 1070. The Morgan fingerprint density at radius 2 is 1.88 bits per heavy atom. The highest BCUT2D eigenvalue weighted by Crippen LogP contribution is 2.38. The SMILES string of the molecule is COc1ccccc1N1COc2ccc3c4c(c(=O)oc3c2C1)CCC4. The van der Waals surface area contributed by atoms with Gasteiger partial charge in [-0.15, -0.1) is 0 Å². The van der Waals surface area contributed by atoms with E-state index in [0.29, 0.717) is 18.9 Å². The average Bonchev–Trinajstić information content (AvgIpc) is 3.18. The zero-order valence-corrected chi connectivity index (χ0v) is 14.6. The predicted octanol–water partition coefficient (Wildman–Crippen LogP) is 3.65. The van der Waals surface area contributed by atoms with Gasteiger partial charge in [0.05, 0.1) is 24.9 Å². The topological polar surface area (TPSA) is 51.9 Å². The Morgan fingerprint density at radius 1 is 1.04 bits per heavy atom. The third kappa shape index (κ3) is 2.20. The minimum absolute atomic E-state index is 0.201. The number of ether oxygens (including phenoxy) is 2. The van der Waals surface area contributed by atoms with Crippen molar-refractivity contribution in [2.75, 3.05) is 18.7 Å². The molecule has 1 aromatic heterocycles. The summed E-state index contributed by atoms with van der Waals surface area (Å²) in [5.41, 5.74) is 4.33. The number of anilines is 1. The first-order chi connectivity index (χ1) is 12.8. The Balaban J connectivity index is 1.66. The lowest BCUT2D eigenvalue weighted by Crippen LogP contribution is -2.32. The zero-order chi connectivity index (χ0) is 17.7. The van der Waals surface area contributed by atoms with Gasteiger partial charge in [-0.1, -0.05) is 12.1 Å². The van der Waals surface area contributed by atoms with E-state index in [1.54, 1.807) is 7.11 Å². The number of aryl methyl sites for hydroxylation is 1. The molecule has 0 amide bonds. The summed E-state index contributed by atoms with van der Waals surface area (Å²) in [6.07, 6.45) is 2.77. The summed E-state index contributed by atoms with van der Waals surface area (Å²) in [4.78, 5) is 14.5. The summed E-state index contributed by atoms with van der Waals surface area (Å²) in [6.45, 7) is 1.03. The van der Waals surface area contributed by atoms with E-state index in [9.17, 15) is 4.79 Å². The molecular weight excluding hydrogens is 330 g/mol. The fraction of sp³-hybridized carbons (Fsp3) is 0.286. The molecular formula is C21H19NO4. The summed E-state index contributed by atoms with van der Waals surface area (Å²) in [5, 5.41) is 1.04. The van der Waals surface area contributed by atoms with Crippen LogP contribution >= 0.6 is 0 Å². The molecule has 0 atom stereocenters. The third-order valence-corrected chi connectivity index (χ3v) is 5.35. The molecule has 5 rings (SSSR count). The first-order valence-corrected chi connectivity index (χ1v) is 8.87. The number of hydrogen-bond donors (Lipinski definition) is 0. The Hall–Kier alpha value is -2.95. The maximum absolute atomic E-state index is 12.4. The number of para-hydroxylation sites is 2. The van der Waals surface area contributed by atoms with Crippen LogP contribution in [-0.4, -0.2) is 13.8 Å². The van der Waals surface area contributed by atoms with Crippen LogP contribution in [0.1, 0.15) is 23.1 Å². The molecule has 3 aromatic rings. The third-order valence-electron chi connectivity index (χ3n) is 5.35. The van der Waals surface area contributed by atoms with Crippen molar-refractivity contribution in [3.8, 4) is 11.5 Å². The molecule has 0 saturated heterocycles. The fourth-order valence-electron chi connectivity index (χ4n) is 4.10. The molecule has 5 heteroatoms. The number of fused-ring (bicyclic) bond motifs is 5. The van der Waals surface area contributed by atoms with E-state index in [2.05, 4.69) is 4.90 Å². The molecule has 26 heavy (non-hydrogen) atoms. The van der Waals surface area contributed by atoms with E-state index >= 15 is 0 Å². The standard InChI is InChI=1S/C21H19NO4/c1-24-19-8-3-2-7-17(19)22-11-16-18(25-12-22)10-9-14-13-5-4-6-15(13)21(23)26-20(14)16/h2-3,7-10H,4-6,11-12H2,1H3. The van der Waals surface area contributed by atoms with Gasteiger partial charge in [-0.3, -0.25) is 0 Å². The maximum Gasteiger partial charge on any atom is 0.339 e. The van der Waals surface area contributed by atoms with E-state index in [1.165, 1.54) is 0 Å². The van der Waals surface area contributed by atoms with Gasteiger partial charge < -0.3 is 18.8 Å². The molecule has 1 aliphatic carbocycles. The van der Waals surface area contributed by atoms with Crippen LogP contribution in [0.4, 0.5) is 5.69 Å². The van der Waals surface area contributed by atoms with Gasteiger partial charge in [-0.2, -0.15) is 0 Å². The zero-order valence-electron chi connectivity index (χ0n) is 14.6. The first kappa shape index (κ1) is 15.3. The lowest BCUT2D eigenvalue weighted by atomic mass is 10.0. The summed E-state index contributed by atoms with van der Waals surface area (Å²) in [5.74, 6) is 1.58. The summed E-state index contributed by atoms with van der Waals surface area (Å²) >= 11 is 0. The maximum atomic E-state index is 12.4. The fourth-order valence-corrected chi connectivity index (χ4v) is 4.10. The molecule has 132 valence electrons. The number of hydrogen-bond acceptors (Lipinski definition) is 5. The van der Waals surface area contributed by atoms with E-state index in [-0.39, 0.29) is 5.63 Å².